The van der Waals surface area contributed by atoms with Crippen LogP contribution in [0.2, 0.25) is 0 Å². The zero-order valence-corrected chi connectivity index (χ0v) is 13.2. The molecule has 0 aliphatic rings. The van der Waals surface area contributed by atoms with Crippen molar-refractivity contribution in [3.05, 3.63) is 36.5 Å². The van der Waals surface area contributed by atoms with Crippen molar-refractivity contribution in [2.45, 2.75) is 40.7 Å². The molecule has 0 saturated carbocycles. The molecular weight excluding hydrogens is 264 g/mol. The molecule has 0 radical (unpaired) electrons. The summed E-state index contributed by atoms with van der Waals surface area (Å²) in [6.45, 7) is 10.0. The van der Waals surface area contributed by atoms with Crippen molar-refractivity contribution in [2.24, 2.45) is 0 Å². The van der Waals surface area contributed by atoms with Gasteiger partial charge in [-0.25, -0.2) is 4.98 Å². The lowest BCUT2D eigenvalue weighted by Gasteiger charge is -2.04. The Morgan fingerprint density at radius 3 is 2.62 bits per heavy atom. The Labute approximate surface area is 125 Å². The monoisotopic (exact) mass is 286 g/mol. The second kappa shape index (κ2) is 6.43. The fourth-order valence-corrected chi connectivity index (χ4v) is 1.97. The Bertz CT molecular complexity index is 712. The van der Waals surface area contributed by atoms with E-state index in [-0.39, 0.29) is 0 Å². The number of hydrogen-bond donors (Lipinski definition) is 1. The van der Waals surface area contributed by atoms with E-state index in [2.05, 4.69) is 29.2 Å². The van der Waals surface area contributed by atoms with Crippen LogP contribution in [0.15, 0.2) is 35.0 Å². The average Bonchev–Trinajstić information content (AvgIpc) is 3.06. The summed E-state index contributed by atoms with van der Waals surface area (Å²) in [6.07, 6.45) is 3.81. The highest BCUT2D eigenvalue weighted by molar-refractivity contribution is 5.78. The van der Waals surface area contributed by atoms with Gasteiger partial charge in [0.1, 0.15) is 5.52 Å². The molecule has 0 bridgehead atoms. The molecular formula is C16H22N4O. The molecule has 5 heteroatoms. The van der Waals surface area contributed by atoms with E-state index in [4.69, 9.17) is 4.42 Å². The molecule has 112 valence electrons. The van der Waals surface area contributed by atoms with Crippen LogP contribution in [-0.2, 0) is 0 Å². The molecule has 0 spiro atoms. The second-order valence-electron chi connectivity index (χ2n) is 4.84. The molecule has 3 rings (SSSR count). The first-order valence-electron chi connectivity index (χ1n) is 7.30. The number of aromatic nitrogens is 3. The number of aryl methyl sites for hydroxylation is 1. The summed E-state index contributed by atoms with van der Waals surface area (Å²) in [6, 6.07) is 6.22. The van der Waals surface area contributed by atoms with Gasteiger partial charge >= 0.3 is 0 Å². The number of anilines is 2. The Hall–Kier alpha value is -2.30. The largest absolute Gasteiger partial charge is 0.441 e. The van der Waals surface area contributed by atoms with Crippen molar-refractivity contribution in [2.75, 3.05) is 5.32 Å². The first-order valence-corrected chi connectivity index (χ1v) is 7.30. The van der Waals surface area contributed by atoms with E-state index >= 15 is 0 Å². The van der Waals surface area contributed by atoms with E-state index in [1.54, 1.807) is 0 Å². The number of hydrogen-bond acceptors (Lipinski definition) is 4. The SMILES string of the molecule is CC.Cc1nc2cc(Nc3cnn(C(C)C)c3)ccc2o1. The molecule has 0 amide bonds. The molecule has 0 aliphatic heterocycles. The van der Waals surface area contributed by atoms with Crippen LogP contribution in [0, 0.1) is 6.92 Å². The highest BCUT2D eigenvalue weighted by Crippen LogP contribution is 2.22. The van der Waals surface area contributed by atoms with Crippen molar-refractivity contribution < 1.29 is 4.42 Å². The zero-order chi connectivity index (χ0) is 15.4. The zero-order valence-electron chi connectivity index (χ0n) is 13.2. The minimum Gasteiger partial charge on any atom is -0.441 e. The molecule has 3 aromatic rings. The van der Waals surface area contributed by atoms with Gasteiger partial charge in [-0.05, 0) is 32.0 Å². The molecule has 21 heavy (non-hydrogen) atoms. The molecule has 2 heterocycles. The number of fused-ring (bicyclic) bond motifs is 1. The number of oxazole rings is 1. The van der Waals surface area contributed by atoms with Crippen LogP contribution in [-0.4, -0.2) is 14.8 Å². The molecule has 1 N–H and O–H groups in total. The number of nitrogens with one attached hydrogen (secondary N) is 1. The van der Waals surface area contributed by atoms with Gasteiger partial charge in [0.2, 0.25) is 0 Å². The van der Waals surface area contributed by atoms with Crippen LogP contribution >= 0.6 is 0 Å². The Morgan fingerprint density at radius 1 is 1.19 bits per heavy atom. The summed E-state index contributed by atoms with van der Waals surface area (Å²) in [4.78, 5) is 4.32. The summed E-state index contributed by atoms with van der Waals surface area (Å²) in [7, 11) is 0. The summed E-state index contributed by atoms with van der Waals surface area (Å²) < 4.78 is 7.37. The van der Waals surface area contributed by atoms with Crippen LogP contribution in [0.25, 0.3) is 11.1 Å². The standard InChI is InChI=1S/C14H16N4O.C2H6/c1-9(2)18-8-12(7-15-18)17-11-4-5-14-13(6-11)16-10(3)19-14;1-2/h4-9,17H,1-3H3;1-2H3. The maximum Gasteiger partial charge on any atom is 0.192 e. The van der Waals surface area contributed by atoms with Crippen molar-refractivity contribution >= 4 is 22.5 Å². The maximum absolute atomic E-state index is 5.45. The smallest absolute Gasteiger partial charge is 0.192 e. The third-order valence-electron chi connectivity index (χ3n) is 2.91. The molecule has 0 unspecified atom stereocenters. The summed E-state index contributed by atoms with van der Waals surface area (Å²) >= 11 is 0. The first kappa shape index (κ1) is 15.1. The lowest BCUT2D eigenvalue weighted by atomic mass is 10.3. The van der Waals surface area contributed by atoms with Gasteiger partial charge in [0, 0.05) is 24.8 Å². The second-order valence-corrected chi connectivity index (χ2v) is 4.84. The highest BCUT2D eigenvalue weighted by Gasteiger charge is 2.05. The molecule has 0 saturated heterocycles. The van der Waals surface area contributed by atoms with E-state index < -0.39 is 0 Å². The average molecular weight is 286 g/mol. The van der Waals surface area contributed by atoms with Crippen LogP contribution < -0.4 is 5.32 Å². The van der Waals surface area contributed by atoms with Gasteiger partial charge in [0.15, 0.2) is 11.5 Å². The van der Waals surface area contributed by atoms with Gasteiger partial charge in [0.25, 0.3) is 0 Å². The first-order chi connectivity index (χ1) is 10.1. The van der Waals surface area contributed by atoms with Crippen LogP contribution in [0.3, 0.4) is 0 Å². The lowest BCUT2D eigenvalue weighted by Crippen LogP contribution is -1.99. The van der Waals surface area contributed by atoms with E-state index in [1.165, 1.54) is 0 Å². The molecule has 0 aliphatic carbocycles. The normalized spacial score (nSPS) is 10.6. The van der Waals surface area contributed by atoms with Crippen LogP contribution in [0.4, 0.5) is 11.4 Å². The fraction of sp³-hybridized carbons (Fsp3) is 0.375. The van der Waals surface area contributed by atoms with Gasteiger partial charge < -0.3 is 9.73 Å². The van der Waals surface area contributed by atoms with Crippen LogP contribution in [0.1, 0.15) is 39.6 Å². The molecule has 1 aromatic carbocycles. The van der Waals surface area contributed by atoms with E-state index in [9.17, 15) is 0 Å². The van der Waals surface area contributed by atoms with Gasteiger partial charge in [-0.1, -0.05) is 13.8 Å². The third-order valence-corrected chi connectivity index (χ3v) is 2.91. The van der Waals surface area contributed by atoms with Crippen LogP contribution in [0.5, 0.6) is 0 Å². The molecule has 0 fully saturated rings. The molecule has 2 aromatic heterocycles. The van der Waals surface area contributed by atoms with E-state index in [0.29, 0.717) is 11.9 Å². The predicted molar refractivity (Wildman–Crippen MR) is 86.0 cm³/mol. The van der Waals surface area contributed by atoms with E-state index in [0.717, 1.165) is 22.5 Å². The van der Waals surface area contributed by atoms with Crippen molar-refractivity contribution in [1.82, 2.24) is 14.8 Å². The highest BCUT2D eigenvalue weighted by atomic mass is 16.3. The summed E-state index contributed by atoms with van der Waals surface area (Å²) in [5.74, 6) is 0.680. The predicted octanol–water partition coefficient (Wildman–Crippen LogP) is 4.68. The summed E-state index contributed by atoms with van der Waals surface area (Å²) in [5.41, 5.74) is 3.61. The topological polar surface area (TPSA) is 55.9 Å². The van der Waals surface area contributed by atoms with Crippen molar-refractivity contribution in [1.29, 1.82) is 0 Å². The minimum absolute atomic E-state index is 0.358. The lowest BCUT2D eigenvalue weighted by molar-refractivity contribution is 0.532. The van der Waals surface area contributed by atoms with Crippen molar-refractivity contribution in [3.8, 4) is 0 Å². The maximum atomic E-state index is 5.45. The Kier molecular flexibility index (Phi) is 4.62. The third kappa shape index (κ3) is 3.42. The van der Waals surface area contributed by atoms with Crippen molar-refractivity contribution in [3.63, 3.8) is 0 Å². The number of benzene rings is 1. The van der Waals surface area contributed by atoms with E-state index in [1.807, 2.05) is 56.0 Å². The van der Waals surface area contributed by atoms with Gasteiger partial charge in [-0.3, -0.25) is 4.68 Å². The minimum atomic E-state index is 0.358. The number of nitrogens with zero attached hydrogens (tertiary/aromatic N) is 3. The summed E-state index contributed by atoms with van der Waals surface area (Å²) in [5, 5.41) is 7.61. The molecule has 0 atom stereocenters. The van der Waals surface area contributed by atoms with Gasteiger partial charge in [-0.15, -0.1) is 0 Å². The Morgan fingerprint density at radius 2 is 1.95 bits per heavy atom. The quantitative estimate of drug-likeness (QED) is 0.759. The molecule has 5 nitrogen and oxygen atoms in total. The van der Waals surface area contributed by atoms with Gasteiger partial charge in [-0.2, -0.15) is 5.10 Å². The fourth-order valence-electron chi connectivity index (χ4n) is 1.97. The number of rotatable bonds is 3. The Balaban J connectivity index is 0.000000774. The van der Waals surface area contributed by atoms with Gasteiger partial charge in [0.05, 0.1) is 11.9 Å².